The predicted octanol–water partition coefficient (Wildman–Crippen LogP) is 1.46. The van der Waals surface area contributed by atoms with Crippen molar-refractivity contribution in [3.8, 4) is 6.07 Å². The van der Waals surface area contributed by atoms with Crippen molar-refractivity contribution in [2.45, 2.75) is 13.3 Å². The molecule has 0 N–H and O–H groups in total. The summed E-state index contributed by atoms with van der Waals surface area (Å²) in [5.41, 5.74) is 1.93. The molecule has 0 aliphatic rings. The summed E-state index contributed by atoms with van der Waals surface area (Å²) in [5, 5.41) is 8.60. The van der Waals surface area contributed by atoms with Gasteiger partial charge in [0.2, 0.25) is 0 Å². The Morgan fingerprint density at radius 1 is 1.70 bits per heavy atom. The second-order valence-corrected chi connectivity index (χ2v) is 2.12. The molecule has 1 nitrogen and oxygen atoms in total. The molecule has 0 aromatic carbocycles. The molecule has 0 atom stereocenters. The molecular weight excluding hydrogens is 121 g/mol. The molecule has 2 heteroatoms. The second kappa shape index (κ2) is 3.17. The van der Waals surface area contributed by atoms with Crippen LogP contribution in [-0.2, 0) is 6.42 Å². The van der Waals surface area contributed by atoms with E-state index in [0.717, 1.165) is 17.4 Å². The average molecular weight is 129 g/mol. The van der Waals surface area contributed by atoms with E-state index in [1.807, 2.05) is 25.0 Å². The third-order valence-electron chi connectivity index (χ3n) is 1.52. The maximum absolute atomic E-state index is 8.60. The van der Waals surface area contributed by atoms with Crippen molar-refractivity contribution in [3.63, 3.8) is 0 Å². The minimum absolute atomic E-state index is 0.796. The quantitative estimate of drug-likeness (QED) is 0.562. The van der Waals surface area contributed by atoms with Gasteiger partial charge >= 0.3 is 60.7 Å². The van der Waals surface area contributed by atoms with Crippen LogP contribution in [0.25, 0.3) is 0 Å². The van der Waals surface area contributed by atoms with E-state index in [1.165, 1.54) is 0 Å². The SMILES string of the molecule is CCc1cccbc1C#N. The summed E-state index contributed by atoms with van der Waals surface area (Å²) >= 11 is 0. The standard InChI is InChI=1S/C8H8BN/c1-2-7-4-3-5-9-8(7)6-10/h3-5H,2H2,1H3. The van der Waals surface area contributed by atoms with Crippen LogP contribution >= 0.6 is 0 Å². The zero-order valence-electron chi connectivity index (χ0n) is 5.96. The molecule has 0 amide bonds. The Labute approximate surface area is 61.5 Å². The molecule has 0 saturated heterocycles. The van der Waals surface area contributed by atoms with Crippen LogP contribution in [-0.4, -0.2) is 6.91 Å². The number of hydrogen-bond acceptors (Lipinski definition) is 1. The van der Waals surface area contributed by atoms with Crippen LogP contribution in [0.1, 0.15) is 17.9 Å². The van der Waals surface area contributed by atoms with Crippen molar-refractivity contribution < 1.29 is 0 Å². The summed E-state index contributed by atoms with van der Waals surface area (Å²) in [6.45, 7) is 3.90. The van der Waals surface area contributed by atoms with Gasteiger partial charge in [-0.2, -0.15) is 0 Å². The van der Waals surface area contributed by atoms with Gasteiger partial charge in [0.05, 0.1) is 0 Å². The van der Waals surface area contributed by atoms with E-state index in [-0.39, 0.29) is 0 Å². The molecule has 0 radical (unpaired) electrons. The van der Waals surface area contributed by atoms with E-state index in [1.54, 1.807) is 0 Å². The summed E-state index contributed by atoms with van der Waals surface area (Å²) < 4.78 is 0. The third-order valence-corrected chi connectivity index (χ3v) is 1.52. The van der Waals surface area contributed by atoms with Gasteiger partial charge in [0.15, 0.2) is 0 Å². The number of aryl methyl sites for hydroxylation is 1. The Morgan fingerprint density at radius 2 is 2.50 bits per heavy atom. The first kappa shape index (κ1) is 7.02. The summed E-state index contributed by atoms with van der Waals surface area (Å²) in [5.74, 6) is 1.89. The summed E-state index contributed by atoms with van der Waals surface area (Å²) in [6, 6.07) is 6.09. The normalized spacial score (nSPS) is 8.40. The van der Waals surface area contributed by atoms with Gasteiger partial charge in [0.1, 0.15) is 0 Å². The monoisotopic (exact) mass is 129 g/mol. The van der Waals surface area contributed by atoms with Gasteiger partial charge in [0, 0.05) is 0 Å². The van der Waals surface area contributed by atoms with Crippen LogP contribution in [0, 0.1) is 11.3 Å². The van der Waals surface area contributed by atoms with E-state index in [4.69, 9.17) is 5.26 Å². The third kappa shape index (κ3) is 1.25. The number of nitriles is 1. The molecule has 1 aromatic heterocycles. The molecule has 0 bridgehead atoms. The van der Waals surface area contributed by atoms with Crippen LogP contribution in [0.5, 0.6) is 0 Å². The van der Waals surface area contributed by atoms with Gasteiger partial charge in [-0.15, -0.1) is 0 Å². The Bertz CT molecular complexity index is 262. The Balaban J connectivity index is 3.12. The molecule has 0 unspecified atom stereocenters. The average Bonchev–Trinajstić information content (AvgIpc) is 2.04. The Morgan fingerprint density at radius 3 is 3.00 bits per heavy atom. The van der Waals surface area contributed by atoms with Crippen LogP contribution < -0.4 is 0 Å². The fourth-order valence-corrected chi connectivity index (χ4v) is 0.938. The molecule has 10 heavy (non-hydrogen) atoms. The number of hydrogen-bond donors (Lipinski definition) is 0. The van der Waals surface area contributed by atoms with E-state index in [2.05, 4.69) is 13.0 Å². The van der Waals surface area contributed by atoms with Gasteiger partial charge in [-0.3, -0.25) is 0 Å². The van der Waals surface area contributed by atoms with Crippen molar-refractivity contribution in [1.82, 2.24) is 0 Å². The molecule has 0 aliphatic carbocycles. The fraction of sp³-hybridized carbons (Fsp3) is 0.250. The molecule has 0 fully saturated rings. The van der Waals surface area contributed by atoms with E-state index in [0.29, 0.717) is 0 Å². The van der Waals surface area contributed by atoms with Crippen molar-refractivity contribution in [2.24, 2.45) is 0 Å². The van der Waals surface area contributed by atoms with Gasteiger partial charge in [0.25, 0.3) is 0 Å². The molecule has 1 heterocycles. The Kier molecular flexibility index (Phi) is 2.22. The van der Waals surface area contributed by atoms with E-state index >= 15 is 0 Å². The zero-order valence-corrected chi connectivity index (χ0v) is 5.96. The minimum atomic E-state index is 0.796. The summed E-state index contributed by atoms with van der Waals surface area (Å²) in [7, 11) is 0. The van der Waals surface area contributed by atoms with E-state index < -0.39 is 0 Å². The van der Waals surface area contributed by atoms with Gasteiger partial charge < -0.3 is 0 Å². The number of nitrogens with zero attached hydrogens (tertiary/aromatic N) is 1. The number of rotatable bonds is 1. The molecule has 0 aliphatic heterocycles. The molecule has 0 saturated carbocycles. The van der Waals surface area contributed by atoms with Gasteiger partial charge in [-0.25, -0.2) is 0 Å². The Hall–Kier alpha value is -1.10. The second-order valence-electron chi connectivity index (χ2n) is 2.12. The summed E-state index contributed by atoms with van der Waals surface area (Å²) in [4.78, 5) is 0. The predicted molar refractivity (Wildman–Crippen MR) is 41.9 cm³/mol. The molecule has 1 rings (SSSR count). The van der Waals surface area contributed by atoms with Gasteiger partial charge in [-0.1, -0.05) is 0 Å². The first-order valence-electron chi connectivity index (χ1n) is 3.36. The van der Waals surface area contributed by atoms with Gasteiger partial charge in [-0.05, 0) is 0 Å². The van der Waals surface area contributed by atoms with Crippen LogP contribution in [0.4, 0.5) is 0 Å². The van der Waals surface area contributed by atoms with Crippen molar-refractivity contribution >= 4 is 6.91 Å². The van der Waals surface area contributed by atoms with Crippen LogP contribution in [0.3, 0.4) is 0 Å². The van der Waals surface area contributed by atoms with Crippen molar-refractivity contribution in [2.75, 3.05) is 0 Å². The van der Waals surface area contributed by atoms with E-state index in [9.17, 15) is 0 Å². The van der Waals surface area contributed by atoms with Crippen LogP contribution in [0.15, 0.2) is 18.1 Å². The first-order chi connectivity index (χ1) is 4.88. The zero-order chi connectivity index (χ0) is 7.40. The molecule has 0 spiro atoms. The summed E-state index contributed by atoms with van der Waals surface area (Å²) in [6.07, 6.45) is 0.934. The van der Waals surface area contributed by atoms with Crippen molar-refractivity contribution in [1.29, 1.82) is 5.26 Å². The maximum atomic E-state index is 8.60. The molecule has 48 valence electrons. The molecule has 1 aromatic rings. The first-order valence-corrected chi connectivity index (χ1v) is 3.36. The fourth-order valence-electron chi connectivity index (χ4n) is 0.938. The molecular formula is C8H8BN. The van der Waals surface area contributed by atoms with Crippen LogP contribution in [0.2, 0.25) is 0 Å². The van der Waals surface area contributed by atoms with Crippen molar-refractivity contribution in [3.05, 3.63) is 29.1 Å². The topological polar surface area (TPSA) is 23.8 Å².